The summed E-state index contributed by atoms with van der Waals surface area (Å²) in [5.41, 5.74) is 0.486. The first-order valence-electron chi connectivity index (χ1n) is 5.20. The lowest BCUT2D eigenvalue weighted by Crippen LogP contribution is -2.01. The standard InChI is InChI=1S/C14H11FO2/c15-9-12(14(16)17)8-11-6-3-5-10-4-1-2-7-13(10)11/h1-8H,9H2,(H,16,17). The van der Waals surface area contributed by atoms with Crippen LogP contribution in [0.3, 0.4) is 0 Å². The highest BCUT2D eigenvalue weighted by molar-refractivity contribution is 5.97. The van der Waals surface area contributed by atoms with Crippen molar-refractivity contribution in [3.05, 3.63) is 53.6 Å². The van der Waals surface area contributed by atoms with Gasteiger partial charge in [0.05, 0.1) is 5.57 Å². The molecule has 0 saturated carbocycles. The van der Waals surface area contributed by atoms with Crippen LogP contribution in [0.25, 0.3) is 16.8 Å². The Hall–Kier alpha value is -2.16. The normalized spacial score (nSPS) is 11.7. The fraction of sp³-hybridized carbons (Fsp3) is 0.0714. The maximum absolute atomic E-state index is 12.5. The summed E-state index contributed by atoms with van der Waals surface area (Å²) >= 11 is 0. The number of halogens is 1. The molecule has 17 heavy (non-hydrogen) atoms. The van der Waals surface area contributed by atoms with Crippen LogP contribution in [0.4, 0.5) is 4.39 Å². The third kappa shape index (κ3) is 2.33. The smallest absolute Gasteiger partial charge is 0.334 e. The van der Waals surface area contributed by atoms with Crippen molar-refractivity contribution < 1.29 is 14.3 Å². The Labute approximate surface area is 98.0 Å². The Morgan fingerprint density at radius 1 is 1.18 bits per heavy atom. The highest BCUT2D eigenvalue weighted by Gasteiger charge is 2.07. The maximum Gasteiger partial charge on any atom is 0.334 e. The van der Waals surface area contributed by atoms with Crippen molar-refractivity contribution in [2.24, 2.45) is 0 Å². The van der Waals surface area contributed by atoms with E-state index in [-0.39, 0.29) is 5.57 Å². The molecule has 0 saturated heterocycles. The first-order valence-corrected chi connectivity index (χ1v) is 5.20. The summed E-state index contributed by atoms with van der Waals surface area (Å²) in [6.07, 6.45) is 1.38. The second-order valence-electron chi connectivity index (χ2n) is 3.68. The van der Waals surface area contributed by atoms with E-state index >= 15 is 0 Å². The van der Waals surface area contributed by atoms with Crippen molar-refractivity contribution in [2.75, 3.05) is 6.67 Å². The van der Waals surface area contributed by atoms with Crippen LogP contribution in [0.2, 0.25) is 0 Å². The number of benzene rings is 2. The van der Waals surface area contributed by atoms with Gasteiger partial charge in [-0.25, -0.2) is 9.18 Å². The Balaban J connectivity index is 2.59. The van der Waals surface area contributed by atoms with E-state index in [0.29, 0.717) is 0 Å². The van der Waals surface area contributed by atoms with E-state index in [4.69, 9.17) is 5.11 Å². The molecule has 2 aromatic rings. The Morgan fingerprint density at radius 3 is 2.59 bits per heavy atom. The molecule has 2 aromatic carbocycles. The molecule has 0 aliphatic carbocycles. The van der Waals surface area contributed by atoms with Gasteiger partial charge < -0.3 is 5.11 Å². The highest BCUT2D eigenvalue weighted by atomic mass is 19.1. The molecule has 0 aliphatic heterocycles. The van der Waals surface area contributed by atoms with E-state index in [1.54, 1.807) is 6.07 Å². The number of fused-ring (bicyclic) bond motifs is 1. The Kier molecular flexibility index (Phi) is 3.19. The molecule has 0 radical (unpaired) electrons. The van der Waals surface area contributed by atoms with Crippen LogP contribution in [-0.2, 0) is 4.79 Å². The second kappa shape index (κ2) is 4.78. The molecule has 0 atom stereocenters. The van der Waals surface area contributed by atoms with E-state index in [1.165, 1.54) is 6.08 Å². The maximum atomic E-state index is 12.5. The third-order valence-corrected chi connectivity index (χ3v) is 2.57. The van der Waals surface area contributed by atoms with Gasteiger partial charge >= 0.3 is 5.97 Å². The van der Waals surface area contributed by atoms with Crippen LogP contribution in [0.15, 0.2) is 48.0 Å². The topological polar surface area (TPSA) is 37.3 Å². The minimum atomic E-state index is -1.22. The monoisotopic (exact) mass is 230 g/mol. The fourth-order valence-electron chi connectivity index (χ4n) is 1.72. The summed E-state index contributed by atoms with van der Waals surface area (Å²) in [6.45, 7) is -0.974. The zero-order valence-corrected chi connectivity index (χ0v) is 9.06. The lowest BCUT2D eigenvalue weighted by Gasteiger charge is -2.03. The van der Waals surface area contributed by atoms with E-state index < -0.39 is 12.6 Å². The molecule has 3 heteroatoms. The molecular weight excluding hydrogens is 219 g/mol. The number of carboxylic acids is 1. The zero-order valence-electron chi connectivity index (χ0n) is 9.06. The molecule has 2 nitrogen and oxygen atoms in total. The lowest BCUT2D eigenvalue weighted by atomic mass is 10.0. The molecule has 86 valence electrons. The van der Waals surface area contributed by atoms with E-state index in [1.807, 2.05) is 36.4 Å². The van der Waals surface area contributed by atoms with Crippen molar-refractivity contribution in [1.29, 1.82) is 0 Å². The number of rotatable bonds is 3. The average Bonchev–Trinajstić information content (AvgIpc) is 2.35. The SMILES string of the molecule is O=C(O)C(=Cc1cccc2ccccc12)CF. The molecule has 1 N–H and O–H groups in total. The summed E-state index contributed by atoms with van der Waals surface area (Å²) < 4.78 is 12.5. The number of hydrogen-bond acceptors (Lipinski definition) is 1. The molecule has 0 fully saturated rings. The van der Waals surface area contributed by atoms with E-state index in [9.17, 15) is 9.18 Å². The number of hydrogen-bond donors (Lipinski definition) is 1. The van der Waals surface area contributed by atoms with Crippen LogP contribution in [0.5, 0.6) is 0 Å². The summed E-state index contributed by atoms with van der Waals surface area (Å²) in [5, 5.41) is 10.7. The van der Waals surface area contributed by atoms with Gasteiger partial charge in [-0.1, -0.05) is 42.5 Å². The first kappa shape index (κ1) is 11.3. The van der Waals surface area contributed by atoms with Gasteiger partial charge in [-0.3, -0.25) is 0 Å². The number of alkyl halides is 1. The van der Waals surface area contributed by atoms with Crippen molar-refractivity contribution in [1.82, 2.24) is 0 Å². The largest absolute Gasteiger partial charge is 0.478 e. The van der Waals surface area contributed by atoms with Crippen LogP contribution in [0.1, 0.15) is 5.56 Å². The van der Waals surface area contributed by atoms with Gasteiger partial charge in [0.25, 0.3) is 0 Å². The summed E-state index contributed by atoms with van der Waals surface area (Å²) in [7, 11) is 0. The average molecular weight is 230 g/mol. The predicted octanol–water partition coefficient (Wildman–Crippen LogP) is 3.28. The molecule has 2 rings (SSSR count). The van der Waals surface area contributed by atoms with Gasteiger partial charge in [0.2, 0.25) is 0 Å². The quantitative estimate of drug-likeness (QED) is 0.821. The van der Waals surface area contributed by atoms with Gasteiger partial charge in [0, 0.05) is 0 Å². The summed E-state index contributed by atoms with van der Waals surface area (Å²) in [5.74, 6) is -1.22. The molecule has 0 bridgehead atoms. The van der Waals surface area contributed by atoms with Crippen LogP contribution >= 0.6 is 0 Å². The molecule has 0 amide bonds. The van der Waals surface area contributed by atoms with Crippen molar-refractivity contribution >= 4 is 22.8 Å². The predicted molar refractivity (Wildman–Crippen MR) is 65.5 cm³/mol. The molecule has 0 aromatic heterocycles. The molecule has 0 unspecified atom stereocenters. The zero-order chi connectivity index (χ0) is 12.3. The van der Waals surface area contributed by atoms with Gasteiger partial charge in [0.1, 0.15) is 6.67 Å². The van der Waals surface area contributed by atoms with Gasteiger partial charge in [-0.05, 0) is 22.4 Å². The van der Waals surface area contributed by atoms with Gasteiger partial charge in [-0.15, -0.1) is 0 Å². The molecular formula is C14H11FO2. The molecule has 0 aliphatic rings. The van der Waals surface area contributed by atoms with Crippen LogP contribution in [-0.4, -0.2) is 17.8 Å². The van der Waals surface area contributed by atoms with Gasteiger partial charge in [0.15, 0.2) is 0 Å². The summed E-state index contributed by atoms with van der Waals surface area (Å²) in [6, 6.07) is 13.1. The number of carboxylic acid groups (broad SMARTS) is 1. The second-order valence-corrected chi connectivity index (χ2v) is 3.68. The Bertz CT molecular complexity index is 582. The van der Waals surface area contributed by atoms with Crippen LogP contribution in [0, 0.1) is 0 Å². The Morgan fingerprint density at radius 2 is 1.88 bits per heavy atom. The van der Waals surface area contributed by atoms with Crippen molar-refractivity contribution in [3.63, 3.8) is 0 Å². The van der Waals surface area contributed by atoms with Crippen molar-refractivity contribution in [3.8, 4) is 0 Å². The van der Waals surface area contributed by atoms with Crippen LogP contribution < -0.4 is 0 Å². The van der Waals surface area contributed by atoms with E-state index in [2.05, 4.69) is 0 Å². The molecule has 0 heterocycles. The number of aliphatic carboxylic acids is 1. The van der Waals surface area contributed by atoms with Crippen molar-refractivity contribution in [2.45, 2.75) is 0 Å². The fourth-order valence-corrected chi connectivity index (χ4v) is 1.72. The lowest BCUT2D eigenvalue weighted by molar-refractivity contribution is -0.132. The van der Waals surface area contributed by atoms with E-state index in [0.717, 1.165) is 16.3 Å². The minimum absolute atomic E-state index is 0.235. The molecule has 0 spiro atoms. The first-order chi connectivity index (χ1) is 8.22. The highest BCUT2D eigenvalue weighted by Crippen LogP contribution is 2.21. The van der Waals surface area contributed by atoms with Gasteiger partial charge in [-0.2, -0.15) is 0 Å². The minimum Gasteiger partial charge on any atom is -0.478 e. The third-order valence-electron chi connectivity index (χ3n) is 2.57. The number of carbonyl (C=O) groups is 1. The summed E-state index contributed by atoms with van der Waals surface area (Å²) in [4.78, 5) is 10.8.